The third-order valence-corrected chi connectivity index (χ3v) is 7.19. The van der Waals surface area contributed by atoms with Crippen LogP contribution >= 0.6 is 0 Å². The van der Waals surface area contributed by atoms with Gasteiger partial charge in [0.25, 0.3) is 5.91 Å². The van der Waals surface area contributed by atoms with Gasteiger partial charge in [0.15, 0.2) is 6.54 Å². The van der Waals surface area contributed by atoms with E-state index < -0.39 is 10.0 Å². The highest BCUT2D eigenvalue weighted by Crippen LogP contribution is 2.21. The smallest absolute Gasteiger partial charge is 0.275 e. The molecule has 1 aromatic carbocycles. The van der Waals surface area contributed by atoms with E-state index in [-0.39, 0.29) is 11.9 Å². The fourth-order valence-corrected chi connectivity index (χ4v) is 5.22. The summed E-state index contributed by atoms with van der Waals surface area (Å²) in [6.07, 6.45) is 1.58. The van der Waals surface area contributed by atoms with E-state index in [2.05, 4.69) is 5.32 Å². The van der Waals surface area contributed by atoms with E-state index in [0.29, 0.717) is 43.4 Å². The third-order valence-electron chi connectivity index (χ3n) is 5.15. The van der Waals surface area contributed by atoms with Crippen LogP contribution in [0.1, 0.15) is 29.9 Å². The Labute approximate surface area is 166 Å². The Bertz CT molecular complexity index is 917. The predicted molar refractivity (Wildman–Crippen MR) is 106 cm³/mol. The summed E-state index contributed by atoms with van der Waals surface area (Å²) >= 11 is 0. The van der Waals surface area contributed by atoms with Crippen LogP contribution in [0, 0.1) is 13.8 Å². The van der Waals surface area contributed by atoms with Crippen molar-refractivity contribution >= 4 is 15.9 Å². The van der Waals surface area contributed by atoms with Gasteiger partial charge < -0.3 is 14.6 Å². The number of quaternary nitrogens is 1. The number of hydrogen-bond acceptors (Lipinski definition) is 4. The second kappa shape index (κ2) is 8.46. The molecule has 3 rings (SSSR count). The predicted octanol–water partition coefficient (Wildman–Crippen LogP) is 0.663. The zero-order valence-corrected chi connectivity index (χ0v) is 17.4. The normalized spacial score (nSPS) is 17.4. The lowest BCUT2D eigenvalue weighted by molar-refractivity contribution is -0.895. The number of nitrogens with zero attached hydrogens (tertiary/aromatic N) is 1. The van der Waals surface area contributed by atoms with E-state index in [9.17, 15) is 13.2 Å². The quantitative estimate of drug-likeness (QED) is 0.738. The maximum Gasteiger partial charge on any atom is 0.275 e. The SMILES string of the molecule is Cc1ccc(C)c(S(=O)(=O)N2CC[NH+](CC(=O)N[C@@H](C)c3ccco3)CC2)c1. The van der Waals surface area contributed by atoms with Crippen LogP contribution in [-0.4, -0.2) is 51.4 Å². The van der Waals surface area contributed by atoms with Crippen LogP contribution in [-0.2, 0) is 14.8 Å². The Hall–Kier alpha value is -2.16. The molecule has 0 aliphatic carbocycles. The molecule has 1 aromatic heterocycles. The topological polar surface area (TPSA) is 84.1 Å². The van der Waals surface area contributed by atoms with E-state index in [1.165, 1.54) is 4.31 Å². The molecule has 2 N–H and O–H groups in total. The molecular weight excluding hydrogens is 378 g/mol. The van der Waals surface area contributed by atoms with Crippen molar-refractivity contribution in [2.75, 3.05) is 32.7 Å². The van der Waals surface area contributed by atoms with Gasteiger partial charge >= 0.3 is 0 Å². The summed E-state index contributed by atoms with van der Waals surface area (Å²) in [5.74, 6) is 0.650. The van der Waals surface area contributed by atoms with Crippen molar-refractivity contribution in [2.45, 2.75) is 31.7 Å². The Balaban J connectivity index is 1.55. The molecule has 152 valence electrons. The second-order valence-corrected chi connectivity index (χ2v) is 9.31. The van der Waals surface area contributed by atoms with Gasteiger partial charge in [-0.05, 0) is 50.1 Å². The molecular formula is C20H28N3O4S+. The zero-order chi connectivity index (χ0) is 20.3. The van der Waals surface area contributed by atoms with Crippen molar-refractivity contribution in [1.82, 2.24) is 9.62 Å². The van der Waals surface area contributed by atoms with Crippen molar-refractivity contribution < 1.29 is 22.5 Å². The molecule has 1 aliphatic heterocycles. The number of carbonyl (C=O) groups is 1. The average Bonchev–Trinajstić information content (AvgIpc) is 3.19. The highest BCUT2D eigenvalue weighted by molar-refractivity contribution is 7.89. The minimum absolute atomic E-state index is 0.0651. The van der Waals surface area contributed by atoms with Crippen molar-refractivity contribution in [3.8, 4) is 0 Å². The summed E-state index contributed by atoms with van der Waals surface area (Å²) in [4.78, 5) is 13.7. The van der Waals surface area contributed by atoms with Gasteiger partial charge in [0.05, 0.1) is 43.4 Å². The van der Waals surface area contributed by atoms with Crippen molar-refractivity contribution in [3.05, 3.63) is 53.5 Å². The molecule has 0 radical (unpaired) electrons. The Morgan fingerprint density at radius 3 is 2.61 bits per heavy atom. The van der Waals surface area contributed by atoms with Crippen LogP contribution in [0.4, 0.5) is 0 Å². The Kier molecular flexibility index (Phi) is 6.22. The first-order valence-electron chi connectivity index (χ1n) is 9.51. The van der Waals surface area contributed by atoms with Gasteiger partial charge in [-0.15, -0.1) is 0 Å². The van der Waals surface area contributed by atoms with E-state index in [1.54, 1.807) is 18.4 Å². The number of aryl methyl sites for hydroxylation is 2. The number of sulfonamides is 1. The Morgan fingerprint density at radius 2 is 1.96 bits per heavy atom. The van der Waals surface area contributed by atoms with Gasteiger partial charge in [0.1, 0.15) is 5.76 Å². The van der Waals surface area contributed by atoms with Gasteiger partial charge in [-0.2, -0.15) is 4.31 Å². The first-order chi connectivity index (χ1) is 13.3. The first kappa shape index (κ1) is 20.6. The number of nitrogens with one attached hydrogen (secondary N) is 2. The van der Waals surface area contributed by atoms with Gasteiger partial charge in [-0.1, -0.05) is 12.1 Å². The summed E-state index contributed by atoms with van der Waals surface area (Å²) in [6.45, 7) is 7.93. The van der Waals surface area contributed by atoms with Gasteiger partial charge in [-0.3, -0.25) is 4.79 Å². The van der Waals surface area contributed by atoms with Crippen LogP contribution in [0.15, 0.2) is 45.9 Å². The highest BCUT2D eigenvalue weighted by atomic mass is 32.2. The summed E-state index contributed by atoms with van der Waals surface area (Å²) in [5, 5.41) is 2.93. The lowest BCUT2D eigenvalue weighted by Crippen LogP contribution is -3.15. The summed E-state index contributed by atoms with van der Waals surface area (Å²) in [5.41, 5.74) is 1.68. The monoisotopic (exact) mass is 406 g/mol. The molecule has 7 nitrogen and oxygen atoms in total. The number of benzene rings is 1. The fourth-order valence-electron chi connectivity index (χ4n) is 3.47. The van der Waals surface area contributed by atoms with Crippen LogP contribution < -0.4 is 10.2 Å². The number of furan rings is 1. The lowest BCUT2D eigenvalue weighted by Gasteiger charge is -2.31. The third kappa shape index (κ3) is 4.63. The molecule has 0 unspecified atom stereocenters. The van der Waals surface area contributed by atoms with Crippen molar-refractivity contribution in [1.29, 1.82) is 0 Å². The lowest BCUT2D eigenvalue weighted by atomic mass is 10.2. The molecule has 2 aromatic rings. The second-order valence-electron chi connectivity index (χ2n) is 7.40. The maximum atomic E-state index is 13.0. The number of rotatable bonds is 6. The van der Waals surface area contributed by atoms with Crippen LogP contribution in [0.25, 0.3) is 0 Å². The first-order valence-corrected chi connectivity index (χ1v) is 10.9. The van der Waals surface area contributed by atoms with Crippen molar-refractivity contribution in [3.63, 3.8) is 0 Å². The van der Waals surface area contributed by atoms with Gasteiger partial charge in [-0.25, -0.2) is 8.42 Å². The zero-order valence-electron chi connectivity index (χ0n) is 16.6. The minimum atomic E-state index is -3.51. The molecule has 0 bridgehead atoms. The van der Waals surface area contributed by atoms with Gasteiger partial charge in [0.2, 0.25) is 10.0 Å². The van der Waals surface area contributed by atoms with E-state index in [0.717, 1.165) is 16.0 Å². The number of amides is 1. The molecule has 1 atom stereocenters. The summed E-state index contributed by atoms with van der Waals surface area (Å²) in [7, 11) is -3.51. The number of hydrogen-bond donors (Lipinski definition) is 2. The average molecular weight is 407 g/mol. The standard InChI is InChI=1S/C20H27N3O4S/c1-15-6-7-16(2)19(13-15)28(25,26)23-10-8-22(9-11-23)14-20(24)21-17(3)18-5-4-12-27-18/h4-7,12-13,17H,8-11,14H2,1-3H3,(H,21,24)/p+1/t17-/m0/s1. The van der Waals surface area contributed by atoms with Gasteiger partial charge in [0, 0.05) is 0 Å². The number of carbonyl (C=O) groups excluding carboxylic acids is 1. The molecule has 1 amide bonds. The minimum Gasteiger partial charge on any atom is -0.467 e. The molecule has 1 aliphatic rings. The molecule has 2 heterocycles. The van der Waals surface area contributed by atoms with Crippen LogP contribution in [0.2, 0.25) is 0 Å². The maximum absolute atomic E-state index is 13.0. The molecule has 0 spiro atoms. The van der Waals surface area contributed by atoms with E-state index in [4.69, 9.17) is 4.42 Å². The summed E-state index contributed by atoms with van der Waals surface area (Å²) in [6, 6.07) is 8.92. The van der Waals surface area contributed by atoms with Crippen LogP contribution in [0.5, 0.6) is 0 Å². The molecule has 1 saturated heterocycles. The molecule has 1 fully saturated rings. The Morgan fingerprint density at radius 1 is 1.25 bits per heavy atom. The van der Waals surface area contributed by atoms with Crippen molar-refractivity contribution in [2.24, 2.45) is 0 Å². The largest absolute Gasteiger partial charge is 0.467 e. The van der Waals surface area contributed by atoms with E-state index in [1.807, 2.05) is 39.0 Å². The summed E-state index contributed by atoms with van der Waals surface area (Å²) < 4.78 is 32.8. The molecule has 0 saturated carbocycles. The molecule has 8 heteroatoms. The highest BCUT2D eigenvalue weighted by Gasteiger charge is 2.32. The number of piperazine rings is 1. The van der Waals surface area contributed by atoms with Crippen LogP contribution in [0.3, 0.4) is 0 Å². The molecule has 28 heavy (non-hydrogen) atoms. The fraction of sp³-hybridized carbons (Fsp3) is 0.450. The van der Waals surface area contributed by atoms with E-state index >= 15 is 0 Å².